The third kappa shape index (κ3) is 4.63. The Hall–Kier alpha value is -1.95. The fourth-order valence-corrected chi connectivity index (χ4v) is 5.00. The first-order valence-electron chi connectivity index (χ1n) is 10.6. The van der Waals surface area contributed by atoms with Crippen molar-refractivity contribution in [3.8, 4) is 5.75 Å². The number of halogens is 1. The number of rotatable bonds is 7. The molecule has 29 heavy (non-hydrogen) atoms. The van der Waals surface area contributed by atoms with Crippen LogP contribution in [-0.4, -0.2) is 62.3 Å². The summed E-state index contributed by atoms with van der Waals surface area (Å²) in [6, 6.07) is 16.6. The number of likely N-dealkylation sites (tertiary alicyclic amines) is 2. The molecule has 0 unspecified atom stereocenters. The van der Waals surface area contributed by atoms with E-state index in [1.165, 1.54) is 24.0 Å². The summed E-state index contributed by atoms with van der Waals surface area (Å²) < 4.78 is 24.2. The van der Waals surface area contributed by atoms with Crippen molar-refractivity contribution >= 4 is 0 Å². The molecule has 5 heteroatoms. The number of hydrogen-bond acceptors (Lipinski definition) is 4. The third-order valence-corrected chi connectivity index (χ3v) is 6.39. The van der Waals surface area contributed by atoms with Crippen molar-refractivity contribution in [3.05, 3.63) is 65.5 Å². The predicted molar refractivity (Wildman–Crippen MR) is 113 cm³/mol. The van der Waals surface area contributed by atoms with Crippen molar-refractivity contribution in [1.82, 2.24) is 9.80 Å². The molecule has 2 aromatic carbocycles. The van der Waals surface area contributed by atoms with Gasteiger partial charge < -0.3 is 14.4 Å². The minimum absolute atomic E-state index is 0.162. The summed E-state index contributed by atoms with van der Waals surface area (Å²) in [4.78, 5) is 5.13. The van der Waals surface area contributed by atoms with E-state index in [-0.39, 0.29) is 5.82 Å². The standard InChI is InChI=1S/C24H31FN2O2/c1-26-13-3-4-23-24(26)22(19-7-9-20(25)10-8-19)17-27(23)16-18-5-11-21(12-6-18)29-15-14-28-2/h5-12,22-24H,3-4,13-17H2,1-2H3/t22-,23-,24-/m1/s1. The molecule has 0 amide bonds. The Kier molecular flexibility index (Phi) is 6.48. The van der Waals surface area contributed by atoms with E-state index in [2.05, 4.69) is 29.0 Å². The summed E-state index contributed by atoms with van der Waals surface area (Å²) >= 11 is 0. The van der Waals surface area contributed by atoms with Gasteiger partial charge in [0.25, 0.3) is 0 Å². The van der Waals surface area contributed by atoms with Crippen LogP contribution in [-0.2, 0) is 11.3 Å². The largest absolute Gasteiger partial charge is 0.491 e. The second-order valence-electron chi connectivity index (χ2n) is 8.25. The maximum Gasteiger partial charge on any atom is 0.123 e. The number of piperidine rings is 1. The Morgan fingerprint density at radius 2 is 1.79 bits per heavy atom. The molecule has 0 N–H and O–H groups in total. The molecule has 2 aliphatic rings. The smallest absolute Gasteiger partial charge is 0.123 e. The molecule has 2 aromatic rings. The normalized spacial score (nSPS) is 25.1. The van der Waals surface area contributed by atoms with Gasteiger partial charge >= 0.3 is 0 Å². The van der Waals surface area contributed by atoms with E-state index in [4.69, 9.17) is 9.47 Å². The lowest BCUT2D eigenvalue weighted by Crippen LogP contribution is -2.48. The lowest BCUT2D eigenvalue weighted by molar-refractivity contribution is 0.109. The van der Waals surface area contributed by atoms with Crippen LogP contribution in [0.25, 0.3) is 0 Å². The summed E-state index contributed by atoms with van der Waals surface area (Å²) in [5.41, 5.74) is 2.55. The first-order valence-corrected chi connectivity index (χ1v) is 10.6. The predicted octanol–water partition coefficient (Wildman–Crippen LogP) is 3.91. The molecule has 0 radical (unpaired) electrons. The summed E-state index contributed by atoms with van der Waals surface area (Å²) in [6.07, 6.45) is 2.46. The highest BCUT2D eigenvalue weighted by Crippen LogP contribution is 2.40. The highest BCUT2D eigenvalue weighted by molar-refractivity contribution is 5.29. The average molecular weight is 399 g/mol. The van der Waals surface area contributed by atoms with E-state index in [0.717, 1.165) is 25.4 Å². The minimum Gasteiger partial charge on any atom is -0.491 e. The van der Waals surface area contributed by atoms with Gasteiger partial charge in [-0.1, -0.05) is 24.3 Å². The zero-order valence-electron chi connectivity index (χ0n) is 17.4. The van der Waals surface area contributed by atoms with Crippen molar-refractivity contribution in [2.45, 2.75) is 37.4 Å². The van der Waals surface area contributed by atoms with E-state index in [0.29, 0.717) is 31.2 Å². The molecule has 2 fully saturated rings. The van der Waals surface area contributed by atoms with Crippen LogP contribution < -0.4 is 4.74 Å². The van der Waals surface area contributed by atoms with Gasteiger partial charge in [-0.05, 0) is 61.8 Å². The van der Waals surface area contributed by atoms with E-state index >= 15 is 0 Å². The van der Waals surface area contributed by atoms with E-state index in [1.807, 2.05) is 24.3 Å². The fraction of sp³-hybridized carbons (Fsp3) is 0.500. The zero-order valence-corrected chi connectivity index (χ0v) is 17.4. The molecule has 0 aliphatic carbocycles. The molecule has 0 aromatic heterocycles. The molecule has 2 heterocycles. The molecule has 2 saturated heterocycles. The Morgan fingerprint density at radius 1 is 1.03 bits per heavy atom. The van der Waals surface area contributed by atoms with Crippen LogP contribution in [0.4, 0.5) is 4.39 Å². The second kappa shape index (κ2) is 9.24. The maximum atomic E-state index is 13.4. The highest BCUT2D eigenvalue weighted by atomic mass is 19.1. The number of nitrogens with zero attached hydrogens (tertiary/aromatic N) is 2. The molecule has 3 atom stereocenters. The van der Waals surface area contributed by atoms with E-state index in [9.17, 15) is 4.39 Å². The van der Waals surface area contributed by atoms with Gasteiger partial charge in [0.1, 0.15) is 18.2 Å². The monoisotopic (exact) mass is 398 g/mol. The number of ether oxygens (including phenoxy) is 2. The van der Waals surface area contributed by atoms with Crippen molar-refractivity contribution in [2.24, 2.45) is 0 Å². The second-order valence-corrected chi connectivity index (χ2v) is 8.25. The maximum absolute atomic E-state index is 13.4. The zero-order chi connectivity index (χ0) is 20.2. The third-order valence-electron chi connectivity index (χ3n) is 6.39. The van der Waals surface area contributed by atoms with Gasteiger partial charge in [-0.2, -0.15) is 0 Å². The van der Waals surface area contributed by atoms with Crippen molar-refractivity contribution in [3.63, 3.8) is 0 Å². The molecule has 0 spiro atoms. The topological polar surface area (TPSA) is 24.9 Å². The number of benzene rings is 2. The van der Waals surface area contributed by atoms with Crippen LogP contribution in [0.3, 0.4) is 0 Å². The van der Waals surface area contributed by atoms with Crippen LogP contribution in [0.2, 0.25) is 0 Å². The fourth-order valence-electron chi connectivity index (χ4n) is 5.00. The lowest BCUT2D eigenvalue weighted by atomic mass is 9.86. The molecular formula is C24H31FN2O2. The Bertz CT molecular complexity index is 780. The molecule has 2 aliphatic heterocycles. The summed E-state index contributed by atoms with van der Waals surface area (Å²) in [6.45, 7) is 4.25. The average Bonchev–Trinajstić information content (AvgIpc) is 3.10. The van der Waals surface area contributed by atoms with Crippen LogP contribution in [0.5, 0.6) is 5.75 Å². The molecule has 0 saturated carbocycles. The lowest BCUT2D eigenvalue weighted by Gasteiger charge is -2.39. The molecule has 0 bridgehead atoms. The van der Waals surface area contributed by atoms with Gasteiger partial charge in [0.15, 0.2) is 0 Å². The number of methoxy groups -OCH3 is 1. The Balaban J connectivity index is 1.47. The summed E-state index contributed by atoms with van der Waals surface area (Å²) in [7, 11) is 3.92. The van der Waals surface area contributed by atoms with Gasteiger partial charge in [0.05, 0.1) is 6.61 Å². The van der Waals surface area contributed by atoms with Gasteiger partial charge in [-0.15, -0.1) is 0 Å². The first kappa shape index (κ1) is 20.3. The van der Waals surface area contributed by atoms with E-state index < -0.39 is 0 Å². The highest BCUT2D eigenvalue weighted by Gasteiger charge is 2.45. The van der Waals surface area contributed by atoms with Gasteiger partial charge in [0.2, 0.25) is 0 Å². The first-order chi connectivity index (χ1) is 14.2. The number of fused-ring (bicyclic) bond motifs is 1. The van der Waals surface area contributed by atoms with Crippen LogP contribution in [0, 0.1) is 5.82 Å². The molecule has 4 rings (SSSR count). The number of likely N-dealkylation sites (N-methyl/N-ethyl adjacent to an activating group) is 1. The van der Waals surface area contributed by atoms with Crippen LogP contribution in [0.15, 0.2) is 48.5 Å². The SMILES string of the molecule is COCCOc1ccc(CN2C[C@H](c3ccc(F)cc3)[C@@H]3[C@H]2CCCN3C)cc1. The number of hydrogen-bond donors (Lipinski definition) is 0. The molecular weight excluding hydrogens is 367 g/mol. The van der Waals surface area contributed by atoms with Crippen LogP contribution >= 0.6 is 0 Å². The Labute approximate surface area is 173 Å². The van der Waals surface area contributed by atoms with Gasteiger partial charge in [0, 0.05) is 38.2 Å². The molecule has 4 nitrogen and oxygen atoms in total. The van der Waals surface area contributed by atoms with Crippen molar-refractivity contribution < 1.29 is 13.9 Å². The van der Waals surface area contributed by atoms with Crippen LogP contribution in [0.1, 0.15) is 29.9 Å². The minimum atomic E-state index is -0.162. The van der Waals surface area contributed by atoms with Gasteiger partial charge in [-0.25, -0.2) is 4.39 Å². The van der Waals surface area contributed by atoms with Crippen molar-refractivity contribution in [2.75, 3.05) is 40.5 Å². The van der Waals surface area contributed by atoms with E-state index in [1.54, 1.807) is 19.2 Å². The summed E-state index contributed by atoms with van der Waals surface area (Å²) in [5, 5.41) is 0. The molecule has 156 valence electrons. The van der Waals surface area contributed by atoms with Crippen molar-refractivity contribution in [1.29, 1.82) is 0 Å². The van der Waals surface area contributed by atoms with Gasteiger partial charge in [-0.3, -0.25) is 4.90 Å². The summed E-state index contributed by atoms with van der Waals surface area (Å²) in [5.74, 6) is 1.14. The quantitative estimate of drug-likeness (QED) is 0.660. The Morgan fingerprint density at radius 3 is 2.52 bits per heavy atom.